The number of aromatic hydroxyl groups is 1. The molecule has 1 fully saturated rings. The molecule has 3 rings (SSSR count). The van der Waals surface area contributed by atoms with E-state index in [1.165, 1.54) is 23.1 Å². The third-order valence-corrected chi connectivity index (χ3v) is 5.93. The number of carbonyl (C=O) groups is 1. The van der Waals surface area contributed by atoms with Crippen LogP contribution in [0.2, 0.25) is 0 Å². The molecule has 0 aromatic heterocycles. The second-order valence-electron chi connectivity index (χ2n) is 5.74. The fourth-order valence-electron chi connectivity index (χ4n) is 2.51. The van der Waals surface area contributed by atoms with Gasteiger partial charge < -0.3 is 9.84 Å². The van der Waals surface area contributed by atoms with Crippen LogP contribution in [0, 0.1) is 10.1 Å². The molecule has 1 aliphatic heterocycles. The summed E-state index contributed by atoms with van der Waals surface area (Å²) >= 11 is 9.47. The number of nitro benzene ring substituents is 1. The molecule has 144 valence electrons. The van der Waals surface area contributed by atoms with E-state index in [0.29, 0.717) is 10.1 Å². The Morgan fingerprint density at radius 1 is 1.36 bits per heavy atom. The van der Waals surface area contributed by atoms with Crippen molar-refractivity contribution in [3.63, 3.8) is 0 Å². The molecule has 0 unspecified atom stereocenters. The number of hydrogen-bond acceptors (Lipinski definition) is 7. The molecule has 0 atom stereocenters. The lowest BCUT2D eigenvalue weighted by atomic mass is 10.1. The van der Waals surface area contributed by atoms with Crippen molar-refractivity contribution in [2.24, 2.45) is 0 Å². The van der Waals surface area contributed by atoms with Gasteiger partial charge in [-0.3, -0.25) is 19.8 Å². The van der Waals surface area contributed by atoms with Crippen LogP contribution in [0.4, 0.5) is 5.69 Å². The fraction of sp³-hybridized carbons (Fsp3) is 0.111. The number of carbonyl (C=O) groups excluding carboxylic acids is 1. The Hall–Kier alpha value is -2.43. The lowest BCUT2D eigenvalue weighted by Gasteiger charge is -2.14. The molecule has 0 bridgehead atoms. The molecular formula is C18H13BrN2O5S2. The average Bonchev–Trinajstić information content (AvgIpc) is 2.93. The summed E-state index contributed by atoms with van der Waals surface area (Å²) in [5.41, 5.74) is 0.829. The van der Waals surface area contributed by atoms with Crippen molar-refractivity contribution in [2.45, 2.75) is 6.54 Å². The highest BCUT2D eigenvalue weighted by molar-refractivity contribution is 9.10. The van der Waals surface area contributed by atoms with Crippen molar-refractivity contribution < 1.29 is 19.6 Å². The number of thioether (sulfide) groups is 1. The van der Waals surface area contributed by atoms with Gasteiger partial charge in [0.1, 0.15) is 15.8 Å². The van der Waals surface area contributed by atoms with Gasteiger partial charge in [-0.15, -0.1) is 0 Å². The number of methoxy groups -OCH3 is 1. The molecule has 1 saturated heterocycles. The average molecular weight is 481 g/mol. The van der Waals surface area contributed by atoms with E-state index < -0.39 is 4.92 Å². The zero-order valence-corrected chi connectivity index (χ0v) is 17.6. The van der Waals surface area contributed by atoms with Crippen LogP contribution in [-0.2, 0) is 11.3 Å². The molecule has 0 aliphatic carbocycles. The SMILES string of the molecule is COc1ccc(CN2C(=O)/C(=C\c3cc([N+](=O)[O-])cc(Br)c3O)SC2=S)cc1. The van der Waals surface area contributed by atoms with E-state index in [9.17, 15) is 20.0 Å². The van der Waals surface area contributed by atoms with Crippen molar-refractivity contribution >= 4 is 61.9 Å². The minimum Gasteiger partial charge on any atom is -0.506 e. The number of phenolic OH excluding ortho intramolecular Hbond substituents is 1. The van der Waals surface area contributed by atoms with Crippen molar-refractivity contribution in [2.75, 3.05) is 7.11 Å². The van der Waals surface area contributed by atoms with Crippen molar-refractivity contribution in [3.8, 4) is 11.5 Å². The smallest absolute Gasteiger partial charge is 0.271 e. The number of amides is 1. The van der Waals surface area contributed by atoms with Crippen LogP contribution >= 0.6 is 39.9 Å². The van der Waals surface area contributed by atoms with E-state index >= 15 is 0 Å². The van der Waals surface area contributed by atoms with Gasteiger partial charge in [0.2, 0.25) is 0 Å². The highest BCUT2D eigenvalue weighted by Crippen LogP contribution is 2.38. The van der Waals surface area contributed by atoms with Gasteiger partial charge in [-0.25, -0.2) is 0 Å². The first-order valence-electron chi connectivity index (χ1n) is 7.85. The van der Waals surface area contributed by atoms with Crippen LogP contribution in [0.25, 0.3) is 6.08 Å². The largest absolute Gasteiger partial charge is 0.506 e. The van der Waals surface area contributed by atoms with Crippen molar-refractivity contribution in [1.82, 2.24) is 4.90 Å². The molecule has 28 heavy (non-hydrogen) atoms. The maximum absolute atomic E-state index is 12.8. The second-order valence-corrected chi connectivity index (χ2v) is 8.27. The summed E-state index contributed by atoms with van der Waals surface area (Å²) in [5, 5.41) is 21.2. The molecular weight excluding hydrogens is 468 g/mol. The zero-order chi connectivity index (χ0) is 20.4. The van der Waals surface area contributed by atoms with Crippen molar-refractivity contribution in [1.29, 1.82) is 0 Å². The lowest BCUT2D eigenvalue weighted by molar-refractivity contribution is -0.385. The van der Waals surface area contributed by atoms with E-state index in [1.807, 2.05) is 12.1 Å². The van der Waals surface area contributed by atoms with E-state index in [2.05, 4.69) is 15.9 Å². The number of nitro groups is 1. The Morgan fingerprint density at radius 3 is 2.64 bits per heavy atom. The Kier molecular flexibility index (Phi) is 6.01. The lowest BCUT2D eigenvalue weighted by Crippen LogP contribution is -2.27. The predicted molar refractivity (Wildman–Crippen MR) is 114 cm³/mol. The summed E-state index contributed by atoms with van der Waals surface area (Å²) in [5.74, 6) is 0.194. The second kappa shape index (κ2) is 8.29. The van der Waals surface area contributed by atoms with E-state index in [0.717, 1.165) is 17.3 Å². The van der Waals surface area contributed by atoms with Gasteiger partial charge in [0.05, 0.1) is 28.0 Å². The monoisotopic (exact) mass is 480 g/mol. The Balaban J connectivity index is 1.87. The predicted octanol–water partition coefficient (Wildman–Crippen LogP) is 4.47. The van der Waals surface area contributed by atoms with Crippen LogP contribution in [0.3, 0.4) is 0 Å². The summed E-state index contributed by atoms with van der Waals surface area (Å²) in [6.07, 6.45) is 1.40. The molecule has 2 aromatic rings. The minimum atomic E-state index is -0.573. The third-order valence-electron chi connectivity index (χ3n) is 3.95. The normalized spacial score (nSPS) is 15.4. The summed E-state index contributed by atoms with van der Waals surface area (Å²) in [4.78, 5) is 25.0. The highest BCUT2D eigenvalue weighted by Gasteiger charge is 2.32. The molecule has 2 aromatic carbocycles. The number of halogens is 1. The number of nitrogens with zero attached hydrogens (tertiary/aromatic N) is 2. The van der Waals surface area contributed by atoms with Gasteiger partial charge in [0.15, 0.2) is 0 Å². The first kappa shape index (κ1) is 20.3. The van der Waals surface area contributed by atoms with Gasteiger partial charge in [-0.05, 0) is 39.7 Å². The first-order chi connectivity index (χ1) is 13.3. The van der Waals surface area contributed by atoms with E-state index in [1.54, 1.807) is 19.2 Å². The first-order valence-corrected chi connectivity index (χ1v) is 9.87. The van der Waals surface area contributed by atoms with Gasteiger partial charge in [-0.1, -0.05) is 36.1 Å². The zero-order valence-electron chi connectivity index (χ0n) is 14.4. The summed E-state index contributed by atoms with van der Waals surface area (Å²) in [6, 6.07) is 9.66. The fourth-order valence-corrected chi connectivity index (χ4v) is 4.22. The Morgan fingerprint density at radius 2 is 2.04 bits per heavy atom. The van der Waals surface area contributed by atoms with Gasteiger partial charge in [0, 0.05) is 17.7 Å². The number of ether oxygens (including phenoxy) is 1. The molecule has 1 N–H and O–H groups in total. The van der Waals surface area contributed by atoms with Gasteiger partial charge in [-0.2, -0.15) is 0 Å². The quantitative estimate of drug-likeness (QED) is 0.292. The molecule has 1 heterocycles. The number of thiocarbonyl (C=S) groups is 1. The Labute approximate surface area is 178 Å². The standard InChI is InChI=1S/C18H13BrN2O5S2/c1-26-13-4-2-10(3-5-13)9-20-17(23)15(28-18(20)27)7-11-6-12(21(24)25)8-14(19)16(11)22/h2-8,22H,9H2,1H3/b15-7+. The molecule has 1 amide bonds. The van der Waals surface area contributed by atoms with Crippen LogP contribution < -0.4 is 4.74 Å². The maximum Gasteiger partial charge on any atom is 0.271 e. The summed E-state index contributed by atoms with van der Waals surface area (Å²) < 4.78 is 5.66. The van der Waals surface area contributed by atoms with E-state index in [-0.39, 0.29) is 38.8 Å². The third kappa shape index (κ3) is 4.18. The van der Waals surface area contributed by atoms with Crippen LogP contribution in [0.15, 0.2) is 45.8 Å². The molecule has 1 aliphatic rings. The number of rotatable bonds is 5. The molecule has 0 radical (unpaired) electrons. The van der Waals surface area contributed by atoms with E-state index in [4.69, 9.17) is 17.0 Å². The summed E-state index contributed by atoms with van der Waals surface area (Å²) in [6.45, 7) is 0.288. The minimum absolute atomic E-state index is 0.158. The molecule has 10 heteroatoms. The van der Waals surface area contributed by atoms with Gasteiger partial charge >= 0.3 is 0 Å². The molecule has 0 spiro atoms. The number of non-ortho nitro benzene ring substituents is 1. The van der Waals surface area contributed by atoms with Gasteiger partial charge in [0.25, 0.3) is 11.6 Å². The van der Waals surface area contributed by atoms with Crippen LogP contribution in [0.5, 0.6) is 11.5 Å². The number of hydrogen-bond donors (Lipinski definition) is 1. The molecule has 0 saturated carbocycles. The topological polar surface area (TPSA) is 92.9 Å². The maximum atomic E-state index is 12.8. The van der Waals surface area contributed by atoms with Crippen molar-refractivity contribution in [3.05, 3.63) is 67.0 Å². The summed E-state index contributed by atoms with van der Waals surface area (Å²) in [7, 11) is 1.57. The number of phenols is 1. The Bertz CT molecular complexity index is 1010. The van der Waals surface area contributed by atoms with Crippen LogP contribution in [-0.4, -0.2) is 32.3 Å². The molecule has 7 nitrogen and oxygen atoms in total. The van der Waals surface area contributed by atoms with Crippen LogP contribution in [0.1, 0.15) is 11.1 Å². The number of benzene rings is 2. The highest BCUT2D eigenvalue weighted by atomic mass is 79.9.